The number of carbonyl (C=O) groups excluding carboxylic acids is 2. The van der Waals surface area contributed by atoms with Gasteiger partial charge in [0.1, 0.15) is 11.2 Å². The summed E-state index contributed by atoms with van der Waals surface area (Å²) in [6.45, 7) is 0.558. The fraction of sp³-hybridized carbons (Fsp3) is 0.190. The van der Waals surface area contributed by atoms with E-state index in [1.807, 2.05) is 12.1 Å². The summed E-state index contributed by atoms with van der Waals surface area (Å²) in [5.74, 6) is 1.14. The van der Waals surface area contributed by atoms with Crippen LogP contribution in [0.3, 0.4) is 0 Å². The number of hydrogen-bond donors (Lipinski definition) is 2. The summed E-state index contributed by atoms with van der Waals surface area (Å²) in [6, 6.07) is 10.9. The first-order chi connectivity index (χ1) is 14.5. The van der Waals surface area contributed by atoms with E-state index in [2.05, 4.69) is 15.7 Å². The SMILES string of the molecule is O=C1C[C@]2(C(=O)Nc3cc4c(cc32)OCO4)c2cnn(Cc3ccc(Cl)cc3)c2N1. The molecule has 1 spiro atoms. The van der Waals surface area contributed by atoms with Crippen LogP contribution in [0.1, 0.15) is 23.1 Å². The summed E-state index contributed by atoms with van der Waals surface area (Å²) in [7, 11) is 0. The minimum absolute atomic E-state index is 0.00881. The second kappa shape index (κ2) is 5.99. The number of carbonyl (C=O) groups is 2. The van der Waals surface area contributed by atoms with Gasteiger partial charge in [0.15, 0.2) is 11.5 Å². The third kappa shape index (κ3) is 2.31. The number of amides is 2. The molecule has 0 saturated heterocycles. The molecule has 0 radical (unpaired) electrons. The third-order valence-corrected chi connectivity index (χ3v) is 6.09. The van der Waals surface area contributed by atoms with E-state index < -0.39 is 5.41 Å². The van der Waals surface area contributed by atoms with Crippen LogP contribution in [0.15, 0.2) is 42.6 Å². The molecule has 3 aliphatic rings. The minimum atomic E-state index is -1.16. The Morgan fingerprint density at radius 2 is 1.83 bits per heavy atom. The van der Waals surface area contributed by atoms with Crippen molar-refractivity contribution in [2.24, 2.45) is 0 Å². The fourth-order valence-corrected chi connectivity index (χ4v) is 4.54. The molecule has 3 aliphatic heterocycles. The highest BCUT2D eigenvalue weighted by Gasteiger charge is 2.55. The highest BCUT2D eigenvalue weighted by atomic mass is 35.5. The van der Waals surface area contributed by atoms with Crippen LogP contribution >= 0.6 is 11.6 Å². The van der Waals surface area contributed by atoms with Gasteiger partial charge in [0.25, 0.3) is 0 Å². The molecule has 150 valence electrons. The molecule has 2 N–H and O–H groups in total. The second-order valence-corrected chi connectivity index (χ2v) is 7.96. The molecule has 1 atom stereocenters. The lowest BCUT2D eigenvalue weighted by atomic mass is 9.71. The lowest BCUT2D eigenvalue weighted by Crippen LogP contribution is -2.43. The van der Waals surface area contributed by atoms with Gasteiger partial charge in [0.2, 0.25) is 18.6 Å². The van der Waals surface area contributed by atoms with Gasteiger partial charge in [-0.2, -0.15) is 5.10 Å². The lowest BCUT2D eigenvalue weighted by molar-refractivity contribution is -0.125. The maximum atomic E-state index is 13.2. The molecular formula is C21H15ClN4O4. The Hall–Kier alpha value is -3.52. The van der Waals surface area contributed by atoms with E-state index >= 15 is 0 Å². The summed E-state index contributed by atoms with van der Waals surface area (Å²) in [5, 5.41) is 10.9. The Morgan fingerprint density at radius 3 is 2.63 bits per heavy atom. The van der Waals surface area contributed by atoms with E-state index in [0.717, 1.165) is 5.56 Å². The Kier molecular flexibility index (Phi) is 3.47. The van der Waals surface area contributed by atoms with Gasteiger partial charge in [-0.15, -0.1) is 0 Å². The van der Waals surface area contributed by atoms with Crippen LogP contribution in [0.4, 0.5) is 11.5 Å². The molecule has 0 unspecified atom stereocenters. The van der Waals surface area contributed by atoms with Crippen molar-refractivity contribution in [1.29, 1.82) is 0 Å². The van der Waals surface area contributed by atoms with Crippen molar-refractivity contribution in [2.75, 3.05) is 17.4 Å². The van der Waals surface area contributed by atoms with Crippen LogP contribution < -0.4 is 20.1 Å². The molecule has 0 aliphatic carbocycles. The molecule has 1 aromatic heterocycles. The molecule has 0 bridgehead atoms. The first kappa shape index (κ1) is 17.3. The topological polar surface area (TPSA) is 94.5 Å². The van der Waals surface area contributed by atoms with Gasteiger partial charge in [-0.3, -0.25) is 9.59 Å². The molecule has 2 aromatic carbocycles. The zero-order valence-corrected chi connectivity index (χ0v) is 16.3. The van der Waals surface area contributed by atoms with Crippen LogP contribution in [0.25, 0.3) is 0 Å². The number of anilines is 2. The highest BCUT2D eigenvalue weighted by molar-refractivity contribution is 6.30. The van der Waals surface area contributed by atoms with Crippen molar-refractivity contribution < 1.29 is 19.1 Å². The maximum absolute atomic E-state index is 13.2. The summed E-state index contributed by atoms with van der Waals surface area (Å²) >= 11 is 5.97. The molecule has 0 saturated carbocycles. The van der Waals surface area contributed by atoms with E-state index in [-0.39, 0.29) is 25.0 Å². The average molecular weight is 423 g/mol. The van der Waals surface area contributed by atoms with Crippen molar-refractivity contribution in [3.05, 3.63) is 64.3 Å². The van der Waals surface area contributed by atoms with E-state index in [1.54, 1.807) is 35.1 Å². The summed E-state index contributed by atoms with van der Waals surface area (Å²) in [4.78, 5) is 25.9. The van der Waals surface area contributed by atoms with Gasteiger partial charge < -0.3 is 20.1 Å². The van der Waals surface area contributed by atoms with Crippen LogP contribution in [-0.4, -0.2) is 28.4 Å². The zero-order chi connectivity index (χ0) is 20.5. The normalized spacial score (nSPS) is 20.7. The van der Waals surface area contributed by atoms with Crippen LogP contribution in [0.2, 0.25) is 5.02 Å². The maximum Gasteiger partial charge on any atom is 0.240 e. The molecule has 30 heavy (non-hydrogen) atoms. The first-order valence-corrected chi connectivity index (χ1v) is 9.78. The molecule has 3 aromatic rings. The molecule has 6 rings (SSSR count). The number of rotatable bonds is 2. The van der Waals surface area contributed by atoms with Crippen LogP contribution in [-0.2, 0) is 21.5 Å². The van der Waals surface area contributed by atoms with Gasteiger partial charge in [-0.05, 0) is 23.8 Å². The van der Waals surface area contributed by atoms with Crippen molar-refractivity contribution in [3.63, 3.8) is 0 Å². The average Bonchev–Trinajstić information content (AvgIpc) is 3.41. The summed E-state index contributed by atoms with van der Waals surface area (Å²) in [6.07, 6.45) is 1.65. The number of halogens is 1. The number of fused-ring (bicyclic) bond motifs is 5. The molecule has 2 amide bonds. The fourth-order valence-electron chi connectivity index (χ4n) is 4.42. The van der Waals surface area contributed by atoms with Crippen molar-refractivity contribution in [2.45, 2.75) is 18.4 Å². The highest BCUT2D eigenvalue weighted by Crippen LogP contribution is 2.53. The minimum Gasteiger partial charge on any atom is -0.454 e. The predicted octanol–water partition coefficient (Wildman–Crippen LogP) is 2.89. The Balaban J connectivity index is 1.49. The third-order valence-electron chi connectivity index (χ3n) is 5.84. The lowest BCUT2D eigenvalue weighted by Gasteiger charge is -2.31. The molecule has 8 nitrogen and oxygen atoms in total. The Bertz CT molecular complexity index is 1240. The zero-order valence-electron chi connectivity index (χ0n) is 15.6. The number of benzene rings is 2. The van der Waals surface area contributed by atoms with E-state index in [1.165, 1.54) is 0 Å². The first-order valence-electron chi connectivity index (χ1n) is 9.41. The van der Waals surface area contributed by atoms with Gasteiger partial charge in [-0.1, -0.05) is 23.7 Å². The van der Waals surface area contributed by atoms with Gasteiger partial charge in [-0.25, -0.2) is 4.68 Å². The largest absolute Gasteiger partial charge is 0.454 e. The Labute approximate surface area is 175 Å². The van der Waals surface area contributed by atoms with Gasteiger partial charge in [0.05, 0.1) is 12.7 Å². The van der Waals surface area contributed by atoms with E-state index in [4.69, 9.17) is 21.1 Å². The van der Waals surface area contributed by atoms with Gasteiger partial charge >= 0.3 is 0 Å². The predicted molar refractivity (Wildman–Crippen MR) is 108 cm³/mol. The smallest absolute Gasteiger partial charge is 0.240 e. The monoisotopic (exact) mass is 422 g/mol. The number of nitrogens with zero attached hydrogens (tertiary/aromatic N) is 2. The van der Waals surface area contributed by atoms with Crippen LogP contribution in [0, 0.1) is 0 Å². The second-order valence-electron chi connectivity index (χ2n) is 7.53. The van der Waals surface area contributed by atoms with E-state index in [9.17, 15) is 9.59 Å². The number of aromatic nitrogens is 2. The number of nitrogens with one attached hydrogen (secondary N) is 2. The van der Waals surface area contributed by atoms with Crippen molar-refractivity contribution in [1.82, 2.24) is 9.78 Å². The molecule has 0 fully saturated rings. The van der Waals surface area contributed by atoms with Gasteiger partial charge in [0, 0.05) is 34.3 Å². The molecule has 4 heterocycles. The molecule has 9 heteroatoms. The van der Waals surface area contributed by atoms with Crippen molar-refractivity contribution in [3.8, 4) is 11.5 Å². The summed E-state index contributed by atoms with van der Waals surface area (Å²) in [5.41, 5.74) is 1.78. The number of hydrogen-bond acceptors (Lipinski definition) is 5. The number of ether oxygens (including phenoxy) is 2. The van der Waals surface area contributed by atoms with Crippen LogP contribution in [0.5, 0.6) is 11.5 Å². The molecular weight excluding hydrogens is 408 g/mol. The quantitative estimate of drug-likeness (QED) is 0.662. The standard InChI is InChI=1S/C21H15ClN4O4/c22-12-3-1-11(2-4-12)9-26-19-14(8-23-26)21(7-18(27)25-19)13-5-16-17(30-10-29-16)6-15(13)24-20(21)28/h1-6,8H,7,9-10H2,(H,24,28)(H,25,27)/t21-/m1/s1. The summed E-state index contributed by atoms with van der Waals surface area (Å²) < 4.78 is 12.6. The van der Waals surface area contributed by atoms with E-state index in [0.29, 0.717) is 45.7 Å². The Morgan fingerprint density at radius 1 is 1.07 bits per heavy atom. The van der Waals surface area contributed by atoms with Crippen molar-refractivity contribution >= 4 is 34.9 Å².